The molecule has 0 unspecified atom stereocenters. The Morgan fingerprint density at radius 2 is 2.13 bits per heavy atom. The number of nitrogens with one attached hydrogen (secondary N) is 1. The van der Waals surface area contributed by atoms with Crippen LogP contribution in [0.2, 0.25) is 0 Å². The molecule has 0 atom stereocenters. The molecule has 0 aliphatic carbocycles. The number of hydrogen-bond donors (Lipinski definition) is 1. The highest BCUT2D eigenvalue weighted by molar-refractivity contribution is 5.83. The molecule has 4 heterocycles. The van der Waals surface area contributed by atoms with Crippen molar-refractivity contribution in [3.8, 4) is 11.5 Å². The van der Waals surface area contributed by atoms with Crippen molar-refractivity contribution in [3.05, 3.63) is 64.3 Å². The van der Waals surface area contributed by atoms with Crippen LogP contribution in [0.15, 0.2) is 47.7 Å². The SMILES string of the molecule is Cc1cc(CCN2CCCOCC2)cc2c(=O)[nH]c(-c3cc4cccn4cn3)nc12. The molecule has 7 nitrogen and oxygen atoms in total. The third-order valence-electron chi connectivity index (χ3n) is 5.75. The largest absolute Gasteiger partial charge is 0.380 e. The molecule has 1 aliphatic heterocycles. The van der Waals surface area contributed by atoms with Gasteiger partial charge in [0.2, 0.25) is 0 Å². The molecule has 0 saturated carbocycles. The zero-order valence-corrected chi connectivity index (χ0v) is 17.1. The van der Waals surface area contributed by atoms with Gasteiger partial charge in [-0.15, -0.1) is 0 Å². The van der Waals surface area contributed by atoms with Crippen molar-refractivity contribution in [1.82, 2.24) is 24.3 Å². The summed E-state index contributed by atoms with van der Waals surface area (Å²) in [7, 11) is 0. The fraction of sp³-hybridized carbons (Fsp3) is 0.348. The molecule has 4 aromatic rings. The van der Waals surface area contributed by atoms with Crippen molar-refractivity contribution in [3.63, 3.8) is 0 Å². The van der Waals surface area contributed by atoms with Gasteiger partial charge in [-0.05, 0) is 55.2 Å². The number of nitrogens with zero attached hydrogens (tertiary/aromatic N) is 4. The van der Waals surface area contributed by atoms with E-state index in [4.69, 9.17) is 9.72 Å². The number of fused-ring (bicyclic) bond motifs is 2. The van der Waals surface area contributed by atoms with Gasteiger partial charge in [-0.3, -0.25) is 4.79 Å². The standard InChI is InChI=1S/C23H25N5O2/c1-16-12-17(5-8-27-6-3-10-30-11-9-27)13-19-21(16)25-22(26-23(19)29)20-14-18-4-2-7-28(18)15-24-20/h2,4,7,12-15H,3,5-6,8-11H2,1H3,(H,25,26,29). The van der Waals surface area contributed by atoms with E-state index in [0.29, 0.717) is 16.9 Å². The van der Waals surface area contributed by atoms with Crippen LogP contribution in [0.1, 0.15) is 17.5 Å². The molecule has 1 saturated heterocycles. The molecule has 5 rings (SSSR count). The number of H-pyrrole nitrogens is 1. The predicted octanol–water partition coefficient (Wildman–Crippen LogP) is 2.81. The van der Waals surface area contributed by atoms with Crippen LogP contribution in [0.5, 0.6) is 0 Å². The molecule has 0 amide bonds. The van der Waals surface area contributed by atoms with Crippen LogP contribution in [0.3, 0.4) is 0 Å². The Hall–Kier alpha value is -3.03. The molecule has 0 spiro atoms. The molecular formula is C23H25N5O2. The van der Waals surface area contributed by atoms with E-state index < -0.39 is 0 Å². The third kappa shape index (κ3) is 3.74. The first-order valence-corrected chi connectivity index (χ1v) is 10.4. The Balaban J connectivity index is 1.45. The number of aromatic nitrogens is 4. The molecule has 154 valence electrons. The first kappa shape index (κ1) is 19.0. The summed E-state index contributed by atoms with van der Waals surface area (Å²) >= 11 is 0. The number of hydrogen-bond acceptors (Lipinski definition) is 5. The Morgan fingerprint density at radius 1 is 1.20 bits per heavy atom. The highest BCUT2D eigenvalue weighted by Gasteiger charge is 2.13. The molecule has 1 N–H and O–H groups in total. The summed E-state index contributed by atoms with van der Waals surface area (Å²) in [5.74, 6) is 0.497. The second-order valence-corrected chi connectivity index (χ2v) is 7.90. The van der Waals surface area contributed by atoms with Gasteiger partial charge < -0.3 is 19.0 Å². The minimum atomic E-state index is -0.125. The summed E-state index contributed by atoms with van der Waals surface area (Å²) in [6.45, 7) is 6.67. The van der Waals surface area contributed by atoms with Gasteiger partial charge in [0, 0.05) is 38.0 Å². The lowest BCUT2D eigenvalue weighted by Crippen LogP contribution is -2.28. The Labute approximate surface area is 174 Å². The lowest BCUT2D eigenvalue weighted by molar-refractivity contribution is 0.141. The van der Waals surface area contributed by atoms with Gasteiger partial charge >= 0.3 is 0 Å². The van der Waals surface area contributed by atoms with Gasteiger partial charge in [-0.2, -0.15) is 0 Å². The molecular weight excluding hydrogens is 378 g/mol. The molecule has 3 aromatic heterocycles. The second kappa shape index (κ2) is 8.01. The van der Waals surface area contributed by atoms with E-state index in [2.05, 4.69) is 20.9 Å². The number of aromatic amines is 1. The summed E-state index contributed by atoms with van der Waals surface area (Å²) < 4.78 is 7.46. The van der Waals surface area contributed by atoms with Crippen molar-refractivity contribution >= 4 is 16.4 Å². The van der Waals surface area contributed by atoms with Gasteiger partial charge in [-0.25, -0.2) is 9.97 Å². The Morgan fingerprint density at radius 3 is 3.07 bits per heavy atom. The zero-order valence-electron chi connectivity index (χ0n) is 17.1. The second-order valence-electron chi connectivity index (χ2n) is 7.90. The summed E-state index contributed by atoms with van der Waals surface area (Å²) in [6.07, 6.45) is 5.66. The maximum atomic E-state index is 12.9. The highest BCUT2D eigenvalue weighted by atomic mass is 16.5. The van der Waals surface area contributed by atoms with Gasteiger partial charge in [0.1, 0.15) is 5.69 Å². The summed E-state index contributed by atoms with van der Waals surface area (Å²) in [4.78, 5) is 27.4. The molecule has 1 aliphatic rings. The number of aryl methyl sites for hydroxylation is 1. The van der Waals surface area contributed by atoms with Crippen molar-refractivity contribution < 1.29 is 4.74 Å². The van der Waals surface area contributed by atoms with E-state index in [1.165, 1.54) is 0 Å². The third-order valence-corrected chi connectivity index (χ3v) is 5.75. The van der Waals surface area contributed by atoms with E-state index in [0.717, 1.165) is 67.8 Å². The Bertz CT molecular complexity index is 1250. The van der Waals surface area contributed by atoms with Crippen LogP contribution < -0.4 is 5.56 Å². The van der Waals surface area contributed by atoms with Gasteiger partial charge in [-0.1, -0.05) is 6.07 Å². The van der Waals surface area contributed by atoms with Crippen LogP contribution >= 0.6 is 0 Å². The van der Waals surface area contributed by atoms with E-state index in [9.17, 15) is 4.79 Å². The first-order valence-electron chi connectivity index (χ1n) is 10.4. The summed E-state index contributed by atoms with van der Waals surface area (Å²) in [5.41, 5.74) is 4.45. The van der Waals surface area contributed by atoms with Crippen molar-refractivity contribution in [2.75, 3.05) is 32.8 Å². The smallest absolute Gasteiger partial charge is 0.259 e. The summed E-state index contributed by atoms with van der Waals surface area (Å²) in [5, 5.41) is 0.636. The summed E-state index contributed by atoms with van der Waals surface area (Å²) in [6, 6.07) is 10.0. The van der Waals surface area contributed by atoms with Crippen LogP contribution in [0, 0.1) is 6.92 Å². The Kier molecular flexibility index (Phi) is 5.06. The van der Waals surface area contributed by atoms with E-state index in [1.807, 2.05) is 41.8 Å². The maximum absolute atomic E-state index is 12.9. The minimum Gasteiger partial charge on any atom is -0.380 e. The van der Waals surface area contributed by atoms with Crippen LogP contribution in [0.25, 0.3) is 27.9 Å². The van der Waals surface area contributed by atoms with E-state index in [-0.39, 0.29) is 5.56 Å². The number of benzene rings is 1. The zero-order chi connectivity index (χ0) is 20.5. The monoisotopic (exact) mass is 403 g/mol. The van der Waals surface area contributed by atoms with Crippen LogP contribution in [-0.4, -0.2) is 57.1 Å². The average Bonchev–Trinajstić information content (AvgIpc) is 3.06. The topological polar surface area (TPSA) is 75.5 Å². The minimum absolute atomic E-state index is 0.125. The average molecular weight is 403 g/mol. The van der Waals surface area contributed by atoms with Crippen LogP contribution in [-0.2, 0) is 11.2 Å². The quantitative estimate of drug-likeness (QED) is 0.567. The highest BCUT2D eigenvalue weighted by Crippen LogP contribution is 2.20. The van der Waals surface area contributed by atoms with Gasteiger partial charge in [0.15, 0.2) is 5.82 Å². The van der Waals surface area contributed by atoms with Gasteiger partial charge in [0.05, 0.1) is 23.8 Å². The molecule has 1 fully saturated rings. The molecule has 30 heavy (non-hydrogen) atoms. The van der Waals surface area contributed by atoms with Crippen molar-refractivity contribution in [2.45, 2.75) is 19.8 Å². The predicted molar refractivity (Wildman–Crippen MR) is 117 cm³/mol. The van der Waals surface area contributed by atoms with Crippen molar-refractivity contribution in [1.29, 1.82) is 0 Å². The van der Waals surface area contributed by atoms with E-state index >= 15 is 0 Å². The molecule has 0 bridgehead atoms. The maximum Gasteiger partial charge on any atom is 0.259 e. The molecule has 1 aromatic carbocycles. The van der Waals surface area contributed by atoms with E-state index in [1.54, 1.807) is 6.33 Å². The lowest BCUT2D eigenvalue weighted by Gasteiger charge is -2.19. The molecule has 0 radical (unpaired) electrons. The fourth-order valence-corrected chi connectivity index (χ4v) is 4.13. The number of ether oxygens (including phenoxy) is 1. The lowest BCUT2D eigenvalue weighted by atomic mass is 10.0. The van der Waals surface area contributed by atoms with Gasteiger partial charge in [0.25, 0.3) is 5.56 Å². The fourth-order valence-electron chi connectivity index (χ4n) is 4.13. The first-order chi connectivity index (χ1) is 14.7. The normalized spacial score (nSPS) is 15.6. The van der Waals surface area contributed by atoms with Crippen molar-refractivity contribution in [2.24, 2.45) is 0 Å². The number of rotatable bonds is 4. The van der Waals surface area contributed by atoms with Crippen LogP contribution in [0.4, 0.5) is 0 Å². The molecule has 7 heteroatoms.